The lowest BCUT2D eigenvalue weighted by atomic mass is 9.93. The van der Waals surface area contributed by atoms with Crippen molar-refractivity contribution in [3.8, 4) is 5.69 Å². The summed E-state index contributed by atoms with van der Waals surface area (Å²) in [5, 5.41) is 14.0. The largest absolute Gasteiger partial charge is 0.326 e. The summed E-state index contributed by atoms with van der Waals surface area (Å²) in [5.41, 5.74) is 1.67. The molecule has 1 aromatic carbocycles. The maximum absolute atomic E-state index is 12.3. The number of allylic oxidation sites excluding steroid dienone is 2. The number of amides is 1. The van der Waals surface area contributed by atoms with Crippen LogP contribution in [0.15, 0.2) is 42.7 Å². The second-order valence-electron chi connectivity index (χ2n) is 5.68. The molecular weight excluding hydrogens is 266 g/mol. The van der Waals surface area contributed by atoms with Crippen molar-refractivity contribution in [3.05, 3.63) is 42.7 Å². The number of tetrazole rings is 1. The fourth-order valence-electron chi connectivity index (χ4n) is 3.29. The molecule has 1 N–H and O–H groups in total. The first-order chi connectivity index (χ1) is 10.3. The SMILES string of the molecule is O=C(Nc1ccc(-n2cnnn2)cc1)C1CC2C=CC1C2. The molecule has 106 valence electrons. The highest BCUT2D eigenvalue weighted by atomic mass is 16.1. The van der Waals surface area contributed by atoms with Gasteiger partial charge in [0.25, 0.3) is 0 Å². The summed E-state index contributed by atoms with van der Waals surface area (Å²) in [6.45, 7) is 0. The summed E-state index contributed by atoms with van der Waals surface area (Å²) in [6.07, 6.45) is 8.09. The Balaban J connectivity index is 1.45. The van der Waals surface area contributed by atoms with E-state index in [1.165, 1.54) is 6.33 Å². The number of aromatic nitrogens is 4. The van der Waals surface area contributed by atoms with Crippen LogP contribution in [0, 0.1) is 17.8 Å². The molecule has 6 heteroatoms. The average molecular weight is 281 g/mol. The molecule has 2 aromatic rings. The fraction of sp³-hybridized carbons (Fsp3) is 0.333. The summed E-state index contributed by atoms with van der Waals surface area (Å²) in [6, 6.07) is 7.51. The second kappa shape index (κ2) is 4.80. The molecule has 2 bridgehead atoms. The number of nitrogens with zero attached hydrogens (tertiary/aromatic N) is 4. The van der Waals surface area contributed by atoms with Gasteiger partial charge in [0.15, 0.2) is 0 Å². The number of nitrogens with one attached hydrogen (secondary N) is 1. The van der Waals surface area contributed by atoms with Gasteiger partial charge in [-0.3, -0.25) is 4.79 Å². The van der Waals surface area contributed by atoms with E-state index in [1.807, 2.05) is 24.3 Å². The van der Waals surface area contributed by atoms with Crippen molar-refractivity contribution in [1.29, 1.82) is 0 Å². The van der Waals surface area contributed by atoms with Crippen LogP contribution in [0.25, 0.3) is 5.69 Å². The smallest absolute Gasteiger partial charge is 0.228 e. The van der Waals surface area contributed by atoms with E-state index >= 15 is 0 Å². The average Bonchev–Trinajstić information content (AvgIpc) is 3.25. The van der Waals surface area contributed by atoms with Crippen molar-refractivity contribution >= 4 is 11.6 Å². The molecule has 2 aliphatic carbocycles. The first kappa shape index (κ1) is 12.3. The monoisotopic (exact) mass is 281 g/mol. The van der Waals surface area contributed by atoms with E-state index in [-0.39, 0.29) is 11.8 Å². The molecule has 0 radical (unpaired) electrons. The van der Waals surface area contributed by atoms with Crippen LogP contribution in [0.1, 0.15) is 12.8 Å². The van der Waals surface area contributed by atoms with E-state index in [2.05, 4.69) is 33.0 Å². The van der Waals surface area contributed by atoms with E-state index in [0.29, 0.717) is 11.8 Å². The zero-order valence-corrected chi connectivity index (χ0v) is 11.4. The molecule has 1 heterocycles. The Labute approximate surface area is 121 Å². The van der Waals surface area contributed by atoms with Crippen molar-refractivity contribution in [2.24, 2.45) is 17.8 Å². The van der Waals surface area contributed by atoms with Crippen molar-refractivity contribution < 1.29 is 4.79 Å². The molecule has 1 aromatic heterocycles. The van der Waals surface area contributed by atoms with E-state index in [4.69, 9.17) is 0 Å². The molecular formula is C15H15N5O. The van der Waals surface area contributed by atoms with Crippen LogP contribution >= 0.6 is 0 Å². The minimum atomic E-state index is 0.124. The normalized spacial score (nSPS) is 26.2. The molecule has 21 heavy (non-hydrogen) atoms. The molecule has 1 amide bonds. The van der Waals surface area contributed by atoms with Gasteiger partial charge in [-0.1, -0.05) is 12.2 Å². The van der Waals surface area contributed by atoms with Gasteiger partial charge in [0.2, 0.25) is 5.91 Å². The second-order valence-corrected chi connectivity index (χ2v) is 5.68. The van der Waals surface area contributed by atoms with Gasteiger partial charge in [-0.2, -0.15) is 0 Å². The Morgan fingerprint density at radius 3 is 2.67 bits per heavy atom. The third-order valence-corrected chi connectivity index (χ3v) is 4.36. The van der Waals surface area contributed by atoms with Crippen molar-refractivity contribution in [2.75, 3.05) is 5.32 Å². The minimum Gasteiger partial charge on any atom is -0.326 e. The summed E-state index contributed by atoms with van der Waals surface area (Å²) in [4.78, 5) is 12.3. The molecule has 3 unspecified atom stereocenters. The third kappa shape index (κ3) is 2.22. The number of hydrogen-bond donors (Lipinski definition) is 1. The van der Waals surface area contributed by atoms with Crippen LogP contribution < -0.4 is 5.32 Å². The highest BCUT2D eigenvalue weighted by Crippen LogP contribution is 2.43. The third-order valence-electron chi connectivity index (χ3n) is 4.36. The number of carbonyl (C=O) groups excluding carboxylic acids is 1. The van der Waals surface area contributed by atoms with Gasteiger partial charge in [0, 0.05) is 11.6 Å². The molecule has 0 aliphatic heterocycles. The number of fused-ring (bicyclic) bond motifs is 2. The van der Waals surface area contributed by atoms with Crippen LogP contribution in [0.5, 0.6) is 0 Å². The quantitative estimate of drug-likeness (QED) is 0.871. The van der Waals surface area contributed by atoms with E-state index in [1.54, 1.807) is 4.68 Å². The Hall–Kier alpha value is -2.50. The maximum atomic E-state index is 12.3. The first-order valence-corrected chi connectivity index (χ1v) is 7.12. The van der Waals surface area contributed by atoms with E-state index in [0.717, 1.165) is 24.2 Å². The predicted molar refractivity (Wildman–Crippen MR) is 76.6 cm³/mol. The first-order valence-electron chi connectivity index (χ1n) is 7.12. The van der Waals surface area contributed by atoms with Gasteiger partial charge in [0.1, 0.15) is 6.33 Å². The molecule has 1 saturated carbocycles. The number of hydrogen-bond acceptors (Lipinski definition) is 4. The Morgan fingerprint density at radius 1 is 1.19 bits per heavy atom. The molecule has 3 atom stereocenters. The lowest BCUT2D eigenvalue weighted by molar-refractivity contribution is -0.120. The Kier molecular flexibility index (Phi) is 2.80. The van der Waals surface area contributed by atoms with Gasteiger partial charge in [0.05, 0.1) is 5.69 Å². The van der Waals surface area contributed by atoms with Crippen LogP contribution in [0.3, 0.4) is 0 Å². The van der Waals surface area contributed by atoms with Gasteiger partial charge < -0.3 is 5.32 Å². The van der Waals surface area contributed by atoms with Crippen LogP contribution in [0.2, 0.25) is 0 Å². The van der Waals surface area contributed by atoms with Crippen molar-refractivity contribution in [2.45, 2.75) is 12.8 Å². The van der Waals surface area contributed by atoms with Crippen LogP contribution in [0.4, 0.5) is 5.69 Å². The molecule has 1 fully saturated rings. The number of anilines is 1. The summed E-state index contributed by atoms with van der Waals surface area (Å²) in [7, 11) is 0. The number of carbonyl (C=O) groups is 1. The predicted octanol–water partition coefficient (Wildman–Crippen LogP) is 1.81. The number of benzene rings is 1. The van der Waals surface area contributed by atoms with Crippen LogP contribution in [-0.2, 0) is 4.79 Å². The van der Waals surface area contributed by atoms with Crippen molar-refractivity contribution in [1.82, 2.24) is 20.2 Å². The topological polar surface area (TPSA) is 72.7 Å². The van der Waals surface area contributed by atoms with Crippen molar-refractivity contribution in [3.63, 3.8) is 0 Å². The molecule has 4 rings (SSSR count). The zero-order valence-electron chi connectivity index (χ0n) is 11.4. The standard InChI is InChI=1S/C15H15N5O/c21-15(14-8-10-1-2-11(14)7-10)17-12-3-5-13(6-4-12)20-9-16-18-19-20/h1-6,9-11,14H,7-8H2,(H,17,21). The van der Waals surface area contributed by atoms with E-state index in [9.17, 15) is 4.79 Å². The van der Waals surface area contributed by atoms with Gasteiger partial charge in [-0.25, -0.2) is 4.68 Å². The minimum absolute atomic E-state index is 0.124. The summed E-state index contributed by atoms with van der Waals surface area (Å²) in [5.74, 6) is 1.28. The maximum Gasteiger partial charge on any atom is 0.228 e. The molecule has 2 aliphatic rings. The fourth-order valence-corrected chi connectivity index (χ4v) is 3.29. The van der Waals surface area contributed by atoms with Gasteiger partial charge in [-0.05, 0) is 59.4 Å². The van der Waals surface area contributed by atoms with E-state index < -0.39 is 0 Å². The molecule has 0 spiro atoms. The highest BCUT2D eigenvalue weighted by Gasteiger charge is 2.39. The van der Waals surface area contributed by atoms with Gasteiger partial charge in [-0.15, -0.1) is 5.10 Å². The highest BCUT2D eigenvalue weighted by molar-refractivity contribution is 5.93. The Morgan fingerprint density at radius 2 is 2.05 bits per heavy atom. The number of rotatable bonds is 3. The van der Waals surface area contributed by atoms with Crippen LogP contribution in [-0.4, -0.2) is 26.1 Å². The lowest BCUT2D eigenvalue weighted by Crippen LogP contribution is -2.25. The zero-order chi connectivity index (χ0) is 14.2. The Bertz CT molecular complexity index is 677. The van der Waals surface area contributed by atoms with Gasteiger partial charge >= 0.3 is 0 Å². The summed E-state index contributed by atoms with van der Waals surface area (Å²) < 4.78 is 1.58. The summed E-state index contributed by atoms with van der Waals surface area (Å²) >= 11 is 0. The molecule has 0 saturated heterocycles. The molecule has 6 nitrogen and oxygen atoms in total. The lowest BCUT2D eigenvalue weighted by Gasteiger charge is -2.17.